The molecule has 0 saturated carbocycles. The first-order chi connectivity index (χ1) is 6.84. The summed E-state index contributed by atoms with van der Waals surface area (Å²) in [4.78, 5) is 20.4. The van der Waals surface area contributed by atoms with E-state index in [-0.39, 0.29) is 6.09 Å². The fourth-order valence-corrected chi connectivity index (χ4v) is 1.79. The van der Waals surface area contributed by atoms with Crippen molar-refractivity contribution in [3.63, 3.8) is 0 Å². The molecule has 1 aliphatic heterocycles. The van der Waals surface area contributed by atoms with E-state index in [9.17, 15) is 4.79 Å². The Morgan fingerprint density at radius 1 is 1.57 bits per heavy atom. The minimum atomic E-state index is -0.376. The Bertz CT molecular complexity index is 463. The van der Waals surface area contributed by atoms with Gasteiger partial charge in [-0.3, -0.25) is 0 Å². The summed E-state index contributed by atoms with van der Waals surface area (Å²) < 4.78 is 8.50. The molecular formula is C6H5N5O2S. The molecule has 0 bridgehead atoms. The minimum Gasteiger partial charge on any atom is -0.447 e. The number of nitrogens with zero attached hydrogens (tertiary/aromatic N) is 4. The van der Waals surface area contributed by atoms with Crippen molar-refractivity contribution < 1.29 is 9.53 Å². The number of H-pyrrole nitrogens is 1. The van der Waals surface area contributed by atoms with Crippen LogP contribution in [0.25, 0.3) is 10.5 Å². The lowest BCUT2D eigenvalue weighted by molar-refractivity contribution is 0.181. The summed E-state index contributed by atoms with van der Waals surface area (Å²) in [6.07, 6.45) is -0.376. The molecule has 2 aromatic heterocycles. The van der Waals surface area contributed by atoms with Gasteiger partial charge in [-0.1, -0.05) is 4.49 Å². The van der Waals surface area contributed by atoms with Gasteiger partial charge in [0.25, 0.3) is 0 Å². The van der Waals surface area contributed by atoms with E-state index in [0.29, 0.717) is 29.6 Å². The average Bonchev–Trinajstić information content (AvgIpc) is 2.75. The number of carbonyl (C=O) groups excluding carboxylic acids is 1. The number of amides is 1. The molecular weight excluding hydrogens is 206 g/mol. The first-order valence-corrected chi connectivity index (χ1v) is 4.74. The number of aromatic nitrogens is 4. The van der Waals surface area contributed by atoms with Crippen molar-refractivity contribution >= 4 is 34.1 Å². The van der Waals surface area contributed by atoms with Gasteiger partial charge in [-0.2, -0.15) is 4.98 Å². The van der Waals surface area contributed by atoms with Crippen molar-refractivity contribution in [1.29, 1.82) is 0 Å². The molecule has 8 heteroatoms. The van der Waals surface area contributed by atoms with Crippen molar-refractivity contribution in [1.82, 2.24) is 19.6 Å². The van der Waals surface area contributed by atoms with Gasteiger partial charge in [0.15, 0.2) is 10.5 Å². The van der Waals surface area contributed by atoms with Gasteiger partial charge in [0, 0.05) is 11.5 Å². The Labute approximate surface area is 81.9 Å². The molecule has 0 aromatic carbocycles. The third-order valence-corrected chi connectivity index (χ3v) is 2.55. The van der Waals surface area contributed by atoms with Crippen molar-refractivity contribution in [2.45, 2.75) is 0 Å². The summed E-state index contributed by atoms with van der Waals surface area (Å²) in [6, 6.07) is 0. The molecule has 14 heavy (non-hydrogen) atoms. The summed E-state index contributed by atoms with van der Waals surface area (Å²) in [5, 5.41) is 3.81. The third kappa shape index (κ3) is 0.970. The lowest BCUT2D eigenvalue weighted by atomic mass is 10.6. The highest BCUT2D eigenvalue weighted by Crippen LogP contribution is 2.20. The molecule has 1 saturated heterocycles. The van der Waals surface area contributed by atoms with Gasteiger partial charge in [-0.15, -0.1) is 5.10 Å². The number of ether oxygens (including phenoxy) is 1. The van der Waals surface area contributed by atoms with E-state index < -0.39 is 0 Å². The van der Waals surface area contributed by atoms with Crippen LogP contribution in [0.2, 0.25) is 0 Å². The molecule has 3 heterocycles. The fraction of sp³-hybridized carbons (Fsp3) is 0.333. The Morgan fingerprint density at radius 2 is 2.50 bits per heavy atom. The molecule has 7 nitrogen and oxygen atoms in total. The van der Waals surface area contributed by atoms with Crippen molar-refractivity contribution in [3.05, 3.63) is 0 Å². The average molecular weight is 211 g/mol. The van der Waals surface area contributed by atoms with Crippen LogP contribution in [-0.2, 0) is 4.74 Å². The van der Waals surface area contributed by atoms with E-state index in [1.165, 1.54) is 16.4 Å². The first-order valence-electron chi connectivity index (χ1n) is 3.97. The zero-order valence-electron chi connectivity index (χ0n) is 6.93. The summed E-state index contributed by atoms with van der Waals surface area (Å²) >= 11 is 1.19. The number of cyclic esters (lactones) is 1. The number of hydrogen-bond acceptors (Lipinski definition) is 6. The van der Waals surface area contributed by atoms with Crippen LogP contribution in [0.3, 0.4) is 0 Å². The zero-order valence-corrected chi connectivity index (χ0v) is 7.74. The smallest absolute Gasteiger partial charge is 0.416 e. The zero-order chi connectivity index (χ0) is 9.54. The molecule has 0 radical (unpaired) electrons. The van der Waals surface area contributed by atoms with Crippen LogP contribution in [0.5, 0.6) is 0 Å². The van der Waals surface area contributed by atoms with E-state index in [1.54, 1.807) is 0 Å². The normalized spacial score (nSPS) is 16.6. The van der Waals surface area contributed by atoms with E-state index in [4.69, 9.17) is 4.74 Å². The number of anilines is 1. The van der Waals surface area contributed by atoms with E-state index in [0.717, 1.165) is 0 Å². The van der Waals surface area contributed by atoms with Gasteiger partial charge >= 0.3 is 6.09 Å². The summed E-state index contributed by atoms with van der Waals surface area (Å²) in [5.41, 5.74) is 0.602. The van der Waals surface area contributed by atoms with Crippen LogP contribution >= 0.6 is 11.5 Å². The molecule has 1 N–H and O–H groups in total. The van der Waals surface area contributed by atoms with Crippen molar-refractivity contribution in [2.75, 3.05) is 18.1 Å². The molecule has 0 aliphatic carbocycles. The van der Waals surface area contributed by atoms with Gasteiger partial charge in [0.2, 0.25) is 5.95 Å². The molecule has 1 amide bonds. The number of nitrogens with one attached hydrogen (secondary N) is 1. The molecule has 72 valence electrons. The Morgan fingerprint density at radius 3 is 3.21 bits per heavy atom. The van der Waals surface area contributed by atoms with Gasteiger partial charge in [0.05, 0.1) is 6.54 Å². The predicted octanol–water partition coefficient (Wildman–Crippen LogP) is 0.371. The summed E-state index contributed by atoms with van der Waals surface area (Å²) in [5.74, 6) is 0.476. The second-order valence-electron chi connectivity index (χ2n) is 2.75. The molecule has 1 aliphatic rings. The van der Waals surface area contributed by atoms with E-state index >= 15 is 0 Å². The van der Waals surface area contributed by atoms with Crippen LogP contribution in [-0.4, -0.2) is 38.8 Å². The highest BCUT2D eigenvalue weighted by atomic mass is 32.1. The van der Waals surface area contributed by atoms with Crippen LogP contribution in [0.4, 0.5) is 10.7 Å². The highest BCUT2D eigenvalue weighted by Gasteiger charge is 2.26. The number of fused-ring (bicyclic) bond motifs is 1. The fourth-order valence-electron chi connectivity index (χ4n) is 1.28. The lowest BCUT2D eigenvalue weighted by Gasteiger charge is -2.06. The molecule has 2 aromatic rings. The lowest BCUT2D eigenvalue weighted by Crippen LogP contribution is -2.24. The van der Waals surface area contributed by atoms with Crippen molar-refractivity contribution in [3.8, 4) is 0 Å². The van der Waals surface area contributed by atoms with Crippen LogP contribution in [0.15, 0.2) is 0 Å². The largest absolute Gasteiger partial charge is 0.447 e. The monoisotopic (exact) mass is 211 g/mol. The molecule has 1 fully saturated rings. The summed E-state index contributed by atoms with van der Waals surface area (Å²) in [6.45, 7) is 0.923. The highest BCUT2D eigenvalue weighted by molar-refractivity contribution is 7.12. The number of aromatic amines is 1. The van der Waals surface area contributed by atoms with Gasteiger partial charge in [-0.25, -0.2) is 9.69 Å². The predicted molar refractivity (Wildman–Crippen MR) is 48.3 cm³/mol. The number of imidazole rings is 1. The maximum absolute atomic E-state index is 11.2. The second-order valence-corrected chi connectivity index (χ2v) is 3.49. The maximum Gasteiger partial charge on any atom is 0.416 e. The van der Waals surface area contributed by atoms with Crippen LogP contribution in [0, 0.1) is 0 Å². The van der Waals surface area contributed by atoms with Gasteiger partial charge in [0.1, 0.15) is 6.61 Å². The minimum absolute atomic E-state index is 0.376. The Kier molecular flexibility index (Phi) is 1.45. The van der Waals surface area contributed by atoms with Gasteiger partial charge in [-0.05, 0) is 0 Å². The second kappa shape index (κ2) is 2.64. The molecule has 0 atom stereocenters. The summed E-state index contributed by atoms with van der Waals surface area (Å²) in [7, 11) is 0. The Hall–Kier alpha value is -1.70. The number of carbonyl (C=O) groups is 1. The molecule has 0 unspecified atom stereocenters. The Balaban J connectivity index is 2.05. The standard InChI is InChI=1S/C6H5N5O2S/c12-6-11(1-2-13-6)5-7-3-4(8-5)14-10-9-3/h1-2H2,(H,7,8). The molecule has 0 spiro atoms. The van der Waals surface area contributed by atoms with Crippen LogP contribution < -0.4 is 4.90 Å². The van der Waals surface area contributed by atoms with Gasteiger partial charge < -0.3 is 9.72 Å². The van der Waals surface area contributed by atoms with E-state index in [2.05, 4.69) is 19.6 Å². The number of hydrogen-bond donors (Lipinski definition) is 1. The maximum atomic E-state index is 11.2. The topological polar surface area (TPSA) is 84.0 Å². The SMILES string of the molecule is O=C1OCCN1c1nc2snnc2[nH]1. The van der Waals surface area contributed by atoms with E-state index in [1.807, 2.05) is 0 Å². The molecule has 3 rings (SSSR count). The quantitative estimate of drug-likeness (QED) is 0.736. The first kappa shape index (κ1) is 7.68. The third-order valence-electron chi connectivity index (χ3n) is 1.92. The number of rotatable bonds is 1. The van der Waals surface area contributed by atoms with Crippen LogP contribution in [0.1, 0.15) is 0 Å². The van der Waals surface area contributed by atoms with Crippen molar-refractivity contribution in [2.24, 2.45) is 0 Å².